The van der Waals surface area contributed by atoms with Gasteiger partial charge in [-0.15, -0.1) is 0 Å². The molecule has 0 bridgehead atoms. The Hall–Kier alpha value is -4.27. The van der Waals surface area contributed by atoms with Gasteiger partial charge in [-0.25, -0.2) is 28.6 Å². The standard InChI is InChI=1S/C36H48N7O19P3S/c1-36(2,30(48)33(49)39-10-9-25(44)38-11-12-66-35(50)23(15-26(45)46)14-20-7-8-21-5-3-4-6-22(21)13-20)17-59-65(56,57)62-64(54,55)58-16-24-29(61-63(51,52)53)28(47)34(60-24)43-19-42-27-31(37)40-18-41-32(27)43/h3-8,13,18-19,23-24,28-30,34,47-48H,9-12,14-17H2,1-2H3,(H,38,44)(H,39,49)(H,45,46)(H,54,55)(H,56,57)(H2,37,40,41)(H2,51,52,53)/p-1. The van der Waals surface area contributed by atoms with Gasteiger partial charge in [0.25, 0.3) is 0 Å². The minimum Gasteiger partial charge on any atom is -0.550 e. The van der Waals surface area contributed by atoms with E-state index in [1.807, 2.05) is 42.5 Å². The van der Waals surface area contributed by atoms with Gasteiger partial charge in [0.05, 0.1) is 19.5 Å². The second kappa shape index (κ2) is 22.2. The smallest absolute Gasteiger partial charge is 0.481 e. The number of phosphoric ester groups is 3. The number of rotatable bonds is 24. The quantitative estimate of drug-likeness (QED) is 0.0325. The van der Waals surface area contributed by atoms with Crippen LogP contribution in [0.4, 0.5) is 5.82 Å². The lowest BCUT2D eigenvalue weighted by Crippen LogP contribution is -2.46. The van der Waals surface area contributed by atoms with Gasteiger partial charge in [-0.1, -0.05) is 68.1 Å². The van der Waals surface area contributed by atoms with Crippen molar-refractivity contribution in [3.8, 4) is 0 Å². The van der Waals surface area contributed by atoms with Gasteiger partial charge in [0.15, 0.2) is 22.8 Å². The van der Waals surface area contributed by atoms with Crippen molar-refractivity contribution in [2.24, 2.45) is 11.3 Å². The largest absolute Gasteiger partial charge is 0.550 e. The molecule has 1 aliphatic heterocycles. The Bertz CT molecular complexity index is 2550. The number of fused-ring (bicyclic) bond motifs is 2. The second-order valence-electron chi connectivity index (χ2n) is 15.4. The van der Waals surface area contributed by atoms with E-state index in [0.717, 1.165) is 45.3 Å². The number of carbonyl (C=O) groups excluding carboxylic acids is 4. The first kappa shape index (κ1) is 52.7. The number of carboxylic acids is 1. The second-order valence-corrected chi connectivity index (χ2v) is 20.7. The van der Waals surface area contributed by atoms with Gasteiger partial charge >= 0.3 is 23.5 Å². The molecule has 0 aliphatic carbocycles. The molecule has 0 spiro atoms. The molecule has 26 nitrogen and oxygen atoms in total. The average molecular weight is 1010 g/mol. The monoisotopic (exact) mass is 1010 g/mol. The number of aliphatic hydroxyl groups is 2. The number of amides is 2. The van der Waals surface area contributed by atoms with E-state index >= 15 is 0 Å². The highest BCUT2D eigenvalue weighted by Crippen LogP contribution is 2.61. The molecule has 1 aliphatic rings. The van der Waals surface area contributed by atoms with Crippen molar-refractivity contribution in [3.63, 3.8) is 0 Å². The fourth-order valence-corrected chi connectivity index (χ4v) is 10.1. The highest BCUT2D eigenvalue weighted by atomic mass is 32.2. The van der Waals surface area contributed by atoms with Crippen LogP contribution in [0.25, 0.3) is 21.9 Å². The molecule has 8 unspecified atom stereocenters. The van der Waals surface area contributed by atoms with Crippen molar-refractivity contribution in [1.82, 2.24) is 30.2 Å². The molecule has 66 heavy (non-hydrogen) atoms. The van der Waals surface area contributed by atoms with E-state index in [1.54, 1.807) is 0 Å². The summed E-state index contributed by atoms with van der Waals surface area (Å²) < 4.78 is 62.4. The molecule has 0 saturated carbocycles. The predicted molar refractivity (Wildman–Crippen MR) is 228 cm³/mol. The summed E-state index contributed by atoms with van der Waals surface area (Å²) in [6, 6.07) is 13.2. The van der Waals surface area contributed by atoms with Crippen LogP contribution in [0.5, 0.6) is 0 Å². The van der Waals surface area contributed by atoms with Crippen LogP contribution in [-0.2, 0) is 61.9 Å². The van der Waals surface area contributed by atoms with Gasteiger partial charge in [0.2, 0.25) is 11.8 Å². The van der Waals surface area contributed by atoms with Crippen LogP contribution in [0.15, 0.2) is 55.1 Å². The van der Waals surface area contributed by atoms with E-state index in [0.29, 0.717) is 0 Å². The van der Waals surface area contributed by atoms with Gasteiger partial charge < -0.3 is 60.8 Å². The maximum atomic E-state index is 12.9. The number of anilines is 1. The summed E-state index contributed by atoms with van der Waals surface area (Å²) >= 11 is 0.852. The number of aliphatic carboxylic acids is 1. The first-order valence-electron chi connectivity index (χ1n) is 19.6. The Morgan fingerprint density at radius 2 is 1.68 bits per heavy atom. The van der Waals surface area contributed by atoms with Crippen LogP contribution < -0.4 is 21.5 Å². The van der Waals surface area contributed by atoms with Gasteiger partial charge in [0, 0.05) is 42.6 Å². The topological polar surface area (TPSA) is 404 Å². The Balaban J connectivity index is 1.03. The molecule has 4 aromatic rings. The fraction of sp³-hybridized carbons (Fsp3) is 0.472. The zero-order valence-corrected chi connectivity index (χ0v) is 38.4. The summed E-state index contributed by atoms with van der Waals surface area (Å²) in [5.74, 6) is -3.75. The lowest BCUT2D eigenvalue weighted by atomic mass is 9.87. The number of aliphatic hydroxyl groups excluding tert-OH is 2. The molecular formula is C36H47N7O19P3S-. The lowest BCUT2D eigenvalue weighted by Gasteiger charge is -2.30. The molecule has 2 amide bonds. The number of carboxylic acid groups (broad SMARTS) is 1. The lowest BCUT2D eigenvalue weighted by molar-refractivity contribution is -0.306. The Morgan fingerprint density at radius 1 is 0.985 bits per heavy atom. The van der Waals surface area contributed by atoms with Crippen LogP contribution >= 0.6 is 35.2 Å². The minimum absolute atomic E-state index is 0.0163. The molecule has 1 saturated heterocycles. The number of phosphoric acid groups is 3. The number of benzene rings is 2. The Kier molecular flexibility index (Phi) is 17.7. The number of nitrogens with one attached hydrogen (secondary N) is 2. The van der Waals surface area contributed by atoms with Gasteiger partial charge in [-0.2, -0.15) is 4.31 Å². The number of hydrogen-bond donors (Lipinski definition) is 9. The molecule has 3 heterocycles. The molecule has 5 rings (SSSR count). The molecule has 362 valence electrons. The van der Waals surface area contributed by atoms with E-state index in [4.69, 9.17) is 19.5 Å². The van der Waals surface area contributed by atoms with E-state index < -0.39 is 108 Å². The summed E-state index contributed by atoms with van der Waals surface area (Å²) in [5.41, 5.74) is 4.97. The highest BCUT2D eigenvalue weighted by molar-refractivity contribution is 8.13. The van der Waals surface area contributed by atoms with Crippen LogP contribution in [0, 0.1) is 11.3 Å². The third-order valence-corrected chi connectivity index (χ3v) is 13.9. The first-order valence-corrected chi connectivity index (χ1v) is 25.1. The zero-order chi connectivity index (χ0) is 48.6. The zero-order valence-electron chi connectivity index (χ0n) is 34.9. The van der Waals surface area contributed by atoms with Crippen molar-refractivity contribution in [2.75, 3.05) is 37.8 Å². The van der Waals surface area contributed by atoms with Gasteiger partial charge in [-0.05, 0) is 29.2 Å². The summed E-state index contributed by atoms with van der Waals surface area (Å²) in [6.45, 7) is 0.115. The summed E-state index contributed by atoms with van der Waals surface area (Å²) in [4.78, 5) is 101. The number of nitrogen functional groups attached to an aromatic ring is 1. The molecule has 1 fully saturated rings. The van der Waals surface area contributed by atoms with Crippen molar-refractivity contribution in [1.29, 1.82) is 0 Å². The summed E-state index contributed by atoms with van der Waals surface area (Å²) in [7, 11) is -16.5. The number of carbonyl (C=O) groups is 4. The number of thioether (sulfide) groups is 1. The summed E-state index contributed by atoms with van der Waals surface area (Å²) in [5, 5.41) is 39.4. The van der Waals surface area contributed by atoms with Crippen molar-refractivity contribution in [2.45, 2.75) is 63.8 Å². The Labute approximate surface area is 379 Å². The van der Waals surface area contributed by atoms with Crippen molar-refractivity contribution >= 4 is 85.9 Å². The molecule has 0 radical (unpaired) electrons. The van der Waals surface area contributed by atoms with Crippen LogP contribution in [0.2, 0.25) is 0 Å². The van der Waals surface area contributed by atoms with E-state index in [9.17, 15) is 67.8 Å². The molecular weight excluding hydrogens is 959 g/mol. The van der Waals surface area contributed by atoms with Crippen molar-refractivity contribution in [3.05, 3.63) is 60.7 Å². The van der Waals surface area contributed by atoms with E-state index in [1.165, 1.54) is 13.8 Å². The number of nitrogens with zero attached hydrogens (tertiary/aromatic N) is 4. The van der Waals surface area contributed by atoms with E-state index in [-0.39, 0.29) is 48.7 Å². The third-order valence-electron chi connectivity index (χ3n) is 9.79. The van der Waals surface area contributed by atoms with Crippen molar-refractivity contribution < 1.29 is 90.4 Å². The number of aromatic nitrogens is 4. The highest BCUT2D eigenvalue weighted by Gasteiger charge is 2.50. The fourth-order valence-electron chi connectivity index (χ4n) is 6.49. The average Bonchev–Trinajstić information content (AvgIpc) is 3.79. The van der Waals surface area contributed by atoms with Crippen LogP contribution in [0.1, 0.15) is 38.5 Å². The maximum Gasteiger partial charge on any atom is 0.481 e. The molecule has 2 aromatic carbocycles. The number of ether oxygens (including phenoxy) is 1. The van der Waals surface area contributed by atoms with E-state index in [2.05, 4.69) is 34.4 Å². The van der Waals surface area contributed by atoms with Gasteiger partial charge in [0.1, 0.15) is 36.3 Å². The maximum absolute atomic E-state index is 12.9. The number of hydrogen-bond acceptors (Lipinski definition) is 20. The Morgan fingerprint density at radius 3 is 2.38 bits per heavy atom. The summed E-state index contributed by atoms with van der Waals surface area (Å²) in [6.07, 6.45) is -7.49. The minimum atomic E-state index is -5.61. The number of imidazole rings is 1. The van der Waals surface area contributed by atoms with Gasteiger partial charge in [-0.3, -0.25) is 32.5 Å². The first-order chi connectivity index (χ1) is 30.8. The normalized spacial score (nSPS) is 20.6. The number of nitrogens with two attached hydrogens (primary N) is 1. The van der Waals surface area contributed by atoms with Crippen LogP contribution in [0.3, 0.4) is 0 Å². The molecule has 2 aromatic heterocycles. The van der Waals surface area contributed by atoms with Crippen LogP contribution in [-0.4, -0.2) is 129 Å². The molecule has 30 heteroatoms. The molecule has 10 N–H and O–H groups in total. The third kappa shape index (κ3) is 14.9. The predicted octanol–water partition coefficient (Wildman–Crippen LogP) is -0.183. The molecule has 8 atom stereocenters. The SMILES string of the molecule is CC(C)(COP(=O)(O)OP(=O)(O)OCC1OC(n2cnc3c(N)ncnc32)C(O)C1OP(=O)(O)O)C(O)C(=O)NCCC(=O)NCCSC(=O)C(CC(=O)[O-])Cc1ccc2ccccc2c1.